The minimum Gasteiger partial charge on any atom is -0.320 e. The molecule has 0 radical (unpaired) electrons. The Balaban J connectivity index is 2.96. The summed E-state index contributed by atoms with van der Waals surface area (Å²) < 4.78 is 0. The lowest BCUT2D eigenvalue weighted by molar-refractivity contribution is 0.178. The third-order valence-corrected chi connectivity index (χ3v) is 3.63. The molecule has 1 aromatic carbocycles. The van der Waals surface area contributed by atoms with E-state index in [4.69, 9.17) is 34.8 Å². The molecule has 3 nitrogen and oxygen atoms in total. The molecule has 0 fully saturated rings. The van der Waals surface area contributed by atoms with Gasteiger partial charge in [-0.05, 0) is 39.8 Å². The zero-order chi connectivity index (χ0) is 14.7. The van der Waals surface area contributed by atoms with Crippen LogP contribution in [0.5, 0.6) is 0 Å². The van der Waals surface area contributed by atoms with E-state index in [1.807, 2.05) is 27.7 Å². The van der Waals surface area contributed by atoms with Gasteiger partial charge in [0.25, 0.3) is 0 Å². The molecule has 0 unspecified atom stereocenters. The van der Waals surface area contributed by atoms with Crippen LogP contribution in [0.4, 0.5) is 10.5 Å². The van der Waals surface area contributed by atoms with Crippen molar-refractivity contribution in [3.05, 3.63) is 27.2 Å². The number of carbonyl (C=O) groups excluding carboxylic acids is 1. The average molecular weight is 324 g/mol. The molecule has 0 saturated carbocycles. The summed E-state index contributed by atoms with van der Waals surface area (Å²) in [4.78, 5) is 13.9. The molecule has 0 bridgehead atoms. The Morgan fingerprint density at radius 2 is 1.47 bits per heavy atom. The van der Waals surface area contributed by atoms with Gasteiger partial charge in [-0.25, -0.2) is 4.79 Å². The summed E-state index contributed by atoms with van der Waals surface area (Å²) in [5.74, 6) is 0. The minimum absolute atomic E-state index is 0.0848. The van der Waals surface area contributed by atoms with Crippen LogP contribution in [0.25, 0.3) is 0 Å². The largest absolute Gasteiger partial charge is 0.322 e. The van der Waals surface area contributed by atoms with E-state index in [9.17, 15) is 4.79 Å². The Labute approximate surface area is 128 Å². The van der Waals surface area contributed by atoms with Crippen molar-refractivity contribution in [2.24, 2.45) is 0 Å². The topological polar surface area (TPSA) is 32.3 Å². The summed E-state index contributed by atoms with van der Waals surface area (Å²) in [5.41, 5.74) is 0.451. The minimum atomic E-state index is -0.217. The van der Waals surface area contributed by atoms with E-state index in [2.05, 4.69) is 5.32 Å². The van der Waals surface area contributed by atoms with Gasteiger partial charge in [0, 0.05) is 12.1 Å². The summed E-state index contributed by atoms with van der Waals surface area (Å²) in [6, 6.07) is 3.01. The van der Waals surface area contributed by atoms with Gasteiger partial charge in [0.05, 0.1) is 20.8 Å². The number of hydrogen-bond acceptors (Lipinski definition) is 1. The predicted molar refractivity (Wildman–Crippen MR) is 82.6 cm³/mol. The van der Waals surface area contributed by atoms with Crippen LogP contribution in [-0.4, -0.2) is 23.0 Å². The van der Waals surface area contributed by atoms with Gasteiger partial charge in [0.15, 0.2) is 0 Å². The van der Waals surface area contributed by atoms with E-state index in [1.165, 1.54) is 6.07 Å². The van der Waals surface area contributed by atoms with Crippen molar-refractivity contribution in [1.29, 1.82) is 0 Å². The Morgan fingerprint density at radius 1 is 1.00 bits per heavy atom. The third kappa shape index (κ3) is 4.16. The molecule has 0 aliphatic rings. The van der Waals surface area contributed by atoms with Crippen LogP contribution < -0.4 is 5.32 Å². The molecule has 1 N–H and O–H groups in total. The van der Waals surface area contributed by atoms with E-state index in [-0.39, 0.29) is 18.1 Å². The average Bonchev–Trinajstić information content (AvgIpc) is 2.24. The fraction of sp³-hybridized carbons (Fsp3) is 0.462. The van der Waals surface area contributed by atoms with Crippen LogP contribution in [0, 0.1) is 0 Å². The highest BCUT2D eigenvalue weighted by Gasteiger charge is 2.21. The lowest BCUT2D eigenvalue weighted by atomic mass is 10.2. The fourth-order valence-corrected chi connectivity index (χ4v) is 2.46. The van der Waals surface area contributed by atoms with E-state index in [0.717, 1.165) is 0 Å². The molecular weight excluding hydrogens is 307 g/mol. The van der Waals surface area contributed by atoms with Gasteiger partial charge in [-0.3, -0.25) is 0 Å². The van der Waals surface area contributed by atoms with Crippen LogP contribution in [0.3, 0.4) is 0 Å². The van der Waals surface area contributed by atoms with Crippen LogP contribution in [0.1, 0.15) is 27.7 Å². The van der Waals surface area contributed by atoms with Crippen molar-refractivity contribution >= 4 is 46.5 Å². The normalized spacial score (nSPS) is 11.0. The quantitative estimate of drug-likeness (QED) is 0.752. The summed E-state index contributed by atoms with van der Waals surface area (Å²) in [6.45, 7) is 7.82. The summed E-state index contributed by atoms with van der Waals surface area (Å²) in [5, 5.41) is 3.81. The molecule has 0 aliphatic heterocycles. The zero-order valence-corrected chi connectivity index (χ0v) is 13.6. The number of halogens is 3. The van der Waals surface area contributed by atoms with Gasteiger partial charge in [-0.1, -0.05) is 34.8 Å². The molecular formula is C13H17Cl3N2O. The first kappa shape index (κ1) is 16.4. The van der Waals surface area contributed by atoms with Gasteiger partial charge >= 0.3 is 6.03 Å². The summed E-state index contributed by atoms with van der Waals surface area (Å²) in [7, 11) is 0. The molecule has 1 aromatic rings. The maximum absolute atomic E-state index is 12.2. The monoisotopic (exact) mass is 322 g/mol. The number of amides is 2. The molecule has 6 heteroatoms. The van der Waals surface area contributed by atoms with E-state index < -0.39 is 0 Å². The van der Waals surface area contributed by atoms with Gasteiger partial charge in [-0.2, -0.15) is 0 Å². The first-order valence-electron chi connectivity index (χ1n) is 5.98. The lowest BCUT2D eigenvalue weighted by Crippen LogP contribution is -2.44. The maximum atomic E-state index is 12.2. The lowest BCUT2D eigenvalue weighted by Gasteiger charge is -2.30. The second-order valence-corrected chi connectivity index (χ2v) is 5.99. The smallest absolute Gasteiger partial charge is 0.320 e. The number of anilines is 1. The van der Waals surface area contributed by atoms with Crippen LogP contribution in [0.2, 0.25) is 15.1 Å². The number of carbonyl (C=O) groups is 1. The number of rotatable bonds is 3. The first-order chi connectivity index (χ1) is 8.73. The van der Waals surface area contributed by atoms with Crippen molar-refractivity contribution in [2.45, 2.75) is 39.8 Å². The van der Waals surface area contributed by atoms with Gasteiger partial charge in [0.1, 0.15) is 0 Å². The summed E-state index contributed by atoms with van der Waals surface area (Å²) in [6.07, 6.45) is 0. The molecule has 106 valence electrons. The number of nitrogens with zero attached hydrogens (tertiary/aromatic N) is 1. The first-order valence-corrected chi connectivity index (χ1v) is 7.11. The molecule has 2 amide bonds. The van der Waals surface area contributed by atoms with Crippen molar-refractivity contribution in [3.63, 3.8) is 0 Å². The Morgan fingerprint density at radius 3 is 1.95 bits per heavy atom. The van der Waals surface area contributed by atoms with E-state index in [1.54, 1.807) is 11.0 Å². The van der Waals surface area contributed by atoms with Gasteiger partial charge in [0.2, 0.25) is 0 Å². The molecule has 0 spiro atoms. The van der Waals surface area contributed by atoms with Crippen LogP contribution in [-0.2, 0) is 0 Å². The van der Waals surface area contributed by atoms with Crippen LogP contribution >= 0.6 is 34.8 Å². The molecule has 0 saturated heterocycles. The standard InChI is InChI=1S/C13H17Cl3N2O/c1-7(2)18(8(3)4)13(19)17-12-6-10(15)9(14)5-11(12)16/h5-8H,1-4H3,(H,17,19). The zero-order valence-electron chi connectivity index (χ0n) is 11.3. The molecule has 19 heavy (non-hydrogen) atoms. The third-order valence-electron chi connectivity index (χ3n) is 2.60. The van der Waals surface area contributed by atoms with Gasteiger partial charge < -0.3 is 10.2 Å². The Kier molecular flexibility index (Phi) is 5.78. The molecule has 0 heterocycles. The van der Waals surface area contributed by atoms with Crippen molar-refractivity contribution in [2.75, 3.05) is 5.32 Å². The van der Waals surface area contributed by atoms with Crippen molar-refractivity contribution < 1.29 is 4.79 Å². The van der Waals surface area contributed by atoms with E-state index >= 15 is 0 Å². The predicted octanol–water partition coefficient (Wildman–Crippen LogP) is 5.30. The second kappa shape index (κ2) is 6.69. The molecule has 0 aromatic heterocycles. The molecule has 0 atom stereocenters. The van der Waals surface area contributed by atoms with E-state index in [0.29, 0.717) is 20.8 Å². The number of hydrogen-bond donors (Lipinski definition) is 1. The highest BCUT2D eigenvalue weighted by molar-refractivity contribution is 6.44. The Hall–Kier alpha value is -0.640. The maximum Gasteiger partial charge on any atom is 0.322 e. The van der Waals surface area contributed by atoms with Crippen molar-refractivity contribution in [3.8, 4) is 0 Å². The molecule has 0 aliphatic carbocycles. The summed E-state index contributed by atoms with van der Waals surface area (Å²) >= 11 is 17.8. The number of benzene rings is 1. The Bertz CT molecular complexity index is 467. The van der Waals surface area contributed by atoms with Crippen molar-refractivity contribution in [1.82, 2.24) is 4.90 Å². The second-order valence-electron chi connectivity index (χ2n) is 4.77. The number of urea groups is 1. The van der Waals surface area contributed by atoms with Crippen LogP contribution in [0.15, 0.2) is 12.1 Å². The number of nitrogens with one attached hydrogen (secondary N) is 1. The highest BCUT2D eigenvalue weighted by atomic mass is 35.5. The highest BCUT2D eigenvalue weighted by Crippen LogP contribution is 2.32. The molecule has 1 rings (SSSR count). The fourth-order valence-electron chi connectivity index (χ4n) is 1.86. The van der Waals surface area contributed by atoms with Gasteiger partial charge in [-0.15, -0.1) is 0 Å². The SMILES string of the molecule is CC(C)N(C(=O)Nc1cc(Cl)c(Cl)cc1Cl)C(C)C.